The zero-order chi connectivity index (χ0) is 13.0. The molecule has 18 heavy (non-hydrogen) atoms. The molecule has 1 aromatic heterocycles. The number of aryl methyl sites for hydroxylation is 2. The summed E-state index contributed by atoms with van der Waals surface area (Å²) in [4.78, 5) is 12.1. The van der Waals surface area contributed by atoms with Crippen molar-refractivity contribution in [2.75, 3.05) is 0 Å². The highest BCUT2D eigenvalue weighted by Crippen LogP contribution is 2.02. The number of hydrogen-bond acceptors (Lipinski definition) is 1. The number of ketones is 1. The summed E-state index contributed by atoms with van der Waals surface area (Å²) in [6.45, 7) is 4.55. The molecule has 0 aliphatic rings. The van der Waals surface area contributed by atoms with Crippen LogP contribution >= 0.6 is 0 Å². The van der Waals surface area contributed by atoms with E-state index in [1.165, 1.54) is 5.56 Å². The minimum atomic E-state index is 0.150. The molecule has 2 rings (SSSR count). The van der Waals surface area contributed by atoms with Gasteiger partial charge in [-0.15, -0.1) is 0 Å². The summed E-state index contributed by atoms with van der Waals surface area (Å²) in [5, 5.41) is 0. The Hall–Kier alpha value is -1.96. The Morgan fingerprint density at radius 2 is 1.83 bits per heavy atom. The third-order valence-electron chi connectivity index (χ3n) is 3.13. The van der Waals surface area contributed by atoms with Crippen LogP contribution in [-0.4, -0.2) is 5.78 Å². The van der Waals surface area contributed by atoms with Gasteiger partial charge in [-0.05, 0) is 12.5 Å². The molecular weight excluding hydrogens is 222 g/mol. The van der Waals surface area contributed by atoms with E-state index in [0.29, 0.717) is 6.54 Å². The normalized spacial score (nSPS) is 10.3. The van der Waals surface area contributed by atoms with Crippen LogP contribution in [0.1, 0.15) is 28.5 Å². The monoisotopic (exact) mass is 240 g/mol. The number of hydrogen-bond donors (Lipinski definition) is 0. The topological polar surface area (TPSA) is 20.9 Å². The molecule has 0 aliphatic carbocycles. The van der Waals surface area contributed by atoms with Crippen molar-refractivity contribution in [2.24, 2.45) is 0 Å². The first-order valence-corrected chi connectivity index (χ1v) is 6.28. The van der Waals surface area contributed by atoms with Crippen molar-refractivity contribution < 1.29 is 9.36 Å². The molecule has 0 bridgehead atoms. The third-order valence-corrected chi connectivity index (χ3v) is 3.13. The van der Waals surface area contributed by atoms with E-state index in [2.05, 4.69) is 25.3 Å². The van der Waals surface area contributed by atoms with Gasteiger partial charge < -0.3 is 0 Å². The summed E-state index contributed by atoms with van der Waals surface area (Å²) in [5.41, 5.74) is 3.13. The molecule has 2 heteroatoms. The molecule has 2 aromatic rings. The van der Waals surface area contributed by atoms with Crippen molar-refractivity contribution in [1.82, 2.24) is 0 Å². The molecule has 0 unspecified atom stereocenters. The fraction of sp³-hybridized carbons (Fsp3) is 0.250. The second-order valence-electron chi connectivity index (χ2n) is 4.45. The van der Waals surface area contributed by atoms with Crippen LogP contribution < -0.4 is 4.57 Å². The van der Waals surface area contributed by atoms with Crippen molar-refractivity contribution in [1.29, 1.82) is 0 Å². The van der Waals surface area contributed by atoms with Crippen molar-refractivity contribution in [3.63, 3.8) is 0 Å². The maximum absolute atomic E-state index is 12.1. The van der Waals surface area contributed by atoms with Gasteiger partial charge in [0.15, 0.2) is 11.9 Å². The highest BCUT2D eigenvalue weighted by Gasteiger charge is 2.14. The molecule has 1 aromatic carbocycles. The molecule has 2 nitrogen and oxygen atoms in total. The number of carbonyl (C=O) groups is 1. The Bertz CT molecular complexity index is 546. The van der Waals surface area contributed by atoms with Crippen molar-refractivity contribution in [3.05, 3.63) is 65.5 Å². The SMILES string of the molecule is CCc1ccc(C)[n+](CC(=O)c2ccccc2)c1. The largest absolute Gasteiger partial charge is 0.287 e. The van der Waals surface area contributed by atoms with Crippen LogP contribution in [0.15, 0.2) is 48.7 Å². The predicted octanol–water partition coefficient (Wildman–Crippen LogP) is 2.73. The smallest absolute Gasteiger partial charge is 0.227 e. The first kappa shape index (κ1) is 12.5. The zero-order valence-corrected chi connectivity index (χ0v) is 10.9. The molecular formula is C16H18NO+. The van der Waals surface area contributed by atoms with Gasteiger partial charge in [0.2, 0.25) is 12.3 Å². The lowest BCUT2D eigenvalue weighted by atomic mass is 10.1. The summed E-state index contributed by atoms with van der Waals surface area (Å²) in [7, 11) is 0. The first-order valence-electron chi connectivity index (χ1n) is 6.28. The maximum atomic E-state index is 12.1. The lowest BCUT2D eigenvalue weighted by Gasteiger charge is -2.02. The van der Waals surface area contributed by atoms with E-state index in [0.717, 1.165) is 17.7 Å². The van der Waals surface area contributed by atoms with E-state index in [-0.39, 0.29) is 5.78 Å². The number of benzene rings is 1. The standard InChI is InChI=1S/C16H18NO/c1-3-14-10-9-13(2)17(11-14)12-16(18)15-7-5-4-6-8-15/h4-11H,3,12H2,1-2H3/q+1. The van der Waals surface area contributed by atoms with Crippen LogP contribution in [0.3, 0.4) is 0 Å². The van der Waals surface area contributed by atoms with E-state index < -0.39 is 0 Å². The van der Waals surface area contributed by atoms with E-state index in [4.69, 9.17) is 0 Å². The molecule has 1 heterocycles. The van der Waals surface area contributed by atoms with Crippen LogP contribution in [0.25, 0.3) is 0 Å². The molecule has 0 aliphatic heterocycles. The third kappa shape index (κ3) is 2.83. The molecule has 0 N–H and O–H groups in total. The number of rotatable bonds is 4. The summed E-state index contributed by atoms with van der Waals surface area (Å²) in [6.07, 6.45) is 3.05. The highest BCUT2D eigenvalue weighted by molar-refractivity contribution is 5.94. The van der Waals surface area contributed by atoms with Crippen molar-refractivity contribution >= 4 is 5.78 Å². The molecule has 0 fully saturated rings. The van der Waals surface area contributed by atoms with Crippen LogP contribution in [0.4, 0.5) is 0 Å². The van der Waals surface area contributed by atoms with E-state index in [1.807, 2.05) is 41.8 Å². The van der Waals surface area contributed by atoms with Gasteiger partial charge in [0.25, 0.3) is 0 Å². The Kier molecular flexibility index (Phi) is 3.88. The minimum absolute atomic E-state index is 0.150. The summed E-state index contributed by atoms with van der Waals surface area (Å²) in [5.74, 6) is 0.150. The predicted molar refractivity (Wildman–Crippen MR) is 71.5 cm³/mol. The first-order chi connectivity index (χ1) is 8.70. The zero-order valence-electron chi connectivity index (χ0n) is 10.9. The summed E-state index contributed by atoms with van der Waals surface area (Å²) < 4.78 is 2.02. The van der Waals surface area contributed by atoms with E-state index in [1.54, 1.807) is 0 Å². The Balaban J connectivity index is 2.21. The second-order valence-corrected chi connectivity index (χ2v) is 4.45. The van der Waals surface area contributed by atoms with Gasteiger partial charge in [-0.1, -0.05) is 37.3 Å². The second kappa shape index (κ2) is 5.58. The lowest BCUT2D eigenvalue weighted by molar-refractivity contribution is -0.689. The maximum Gasteiger partial charge on any atom is 0.227 e. The van der Waals surface area contributed by atoms with Gasteiger partial charge >= 0.3 is 0 Å². The minimum Gasteiger partial charge on any atom is -0.287 e. The van der Waals surface area contributed by atoms with Gasteiger partial charge in [0.05, 0.1) is 0 Å². The molecule has 0 atom stereocenters. The highest BCUT2D eigenvalue weighted by atomic mass is 16.1. The average molecular weight is 240 g/mol. The van der Waals surface area contributed by atoms with Crippen molar-refractivity contribution in [2.45, 2.75) is 26.8 Å². The van der Waals surface area contributed by atoms with Gasteiger partial charge in [-0.25, -0.2) is 0 Å². The molecule has 0 saturated carbocycles. The van der Waals surface area contributed by atoms with Gasteiger partial charge in [-0.3, -0.25) is 4.79 Å². The number of aromatic nitrogens is 1. The van der Waals surface area contributed by atoms with Gasteiger partial charge in [-0.2, -0.15) is 4.57 Å². The average Bonchev–Trinajstić information content (AvgIpc) is 2.42. The Morgan fingerprint density at radius 1 is 1.11 bits per heavy atom. The van der Waals surface area contributed by atoms with Crippen LogP contribution in [0.2, 0.25) is 0 Å². The Labute approximate surface area is 108 Å². The lowest BCUT2D eigenvalue weighted by Crippen LogP contribution is -2.41. The molecule has 92 valence electrons. The number of nitrogens with zero attached hydrogens (tertiary/aromatic N) is 1. The van der Waals surface area contributed by atoms with Gasteiger partial charge in [0.1, 0.15) is 0 Å². The molecule has 0 spiro atoms. The molecule has 0 amide bonds. The molecule has 0 radical (unpaired) electrons. The number of pyridine rings is 1. The fourth-order valence-corrected chi connectivity index (χ4v) is 1.92. The Morgan fingerprint density at radius 3 is 2.50 bits per heavy atom. The number of carbonyl (C=O) groups excluding carboxylic acids is 1. The summed E-state index contributed by atoms with van der Waals surface area (Å²) >= 11 is 0. The van der Waals surface area contributed by atoms with Crippen LogP contribution in [0.5, 0.6) is 0 Å². The van der Waals surface area contributed by atoms with Crippen LogP contribution in [-0.2, 0) is 13.0 Å². The van der Waals surface area contributed by atoms with Crippen LogP contribution in [0, 0.1) is 6.92 Å². The fourth-order valence-electron chi connectivity index (χ4n) is 1.92. The van der Waals surface area contributed by atoms with E-state index in [9.17, 15) is 4.79 Å². The summed E-state index contributed by atoms with van der Waals surface area (Å²) in [6, 6.07) is 13.6. The number of Topliss-reactive ketones (excluding diaryl/α,β-unsaturated/α-hetero) is 1. The van der Waals surface area contributed by atoms with Gasteiger partial charge in [0, 0.05) is 24.1 Å². The quantitative estimate of drug-likeness (QED) is 0.594. The van der Waals surface area contributed by atoms with Crippen molar-refractivity contribution in [3.8, 4) is 0 Å². The molecule has 0 saturated heterocycles. The van der Waals surface area contributed by atoms with E-state index >= 15 is 0 Å².